The third-order valence-corrected chi connectivity index (χ3v) is 5.88. The van der Waals surface area contributed by atoms with Gasteiger partial charge in [-0.15, -0.1) is 11.3 Å². The fraction of sp³-hybridized carbons (Fsp3) is 0.500. The highest BCUT2D eigenvalue weighted by Gasteiger charge is 2.30. The lowest BCUT2D eigenvalue weighted by atomic mass is 9.97. The zero-order chi connectivity index (χ0) is 17.3. The normalized spacial score (nSPS) is 16.6. The van der Waals surface area contributed by atoms with Crippen LogP contribution in [-0.4, -0.2) is 41.9 Å². The second kappa shape index (κ2) is 6.89. The van der Waals surface area contributed by atoms with E-state index in [-0.39, 0.29) is 11.9 Å². The van der Waals surface area contributed by atoms with Gasteiger partial charge in [-0.2, -0.15) is 0 Å². The van der Waals surface area contributed by atoms with E-state index in [9.17, 15) is 4.79 Å². The van der Waals surface area contributed by atoms with Crippen molar-refractivity contribution < 1.29 is 4.79 Å². The van der Waals surface area contributed by atoms with Crippen molar-refractivity contribution in [1.82, 2.24) is 14.9 Å². The molecule has 0 radical (unpaired) electrons. The highest BCUT2D eigenvalue weighted by Crippen LogP contribution is 2.38. The van der Waals surface area contributed by atoms with E-state index in [1.165, 1.54) is 15.6 Å². The first-order chi connectivity index (χ1) is 11.5. The Morgan fingerprint density at radius 1 is 1.38 bits per heavy atom. The molecule has 2 heterocycles. The van der Waals surface area contributed by atoms with E-state index in [0.717, 1.165) is 31.4 Å². The molecule has 1 atom stereocenters. The van der Waals surface area contributed by atoms with E-state index >= 15 is 0 Å². The van der Waals surface area contributed by atoms with Crippen molar-refractivity contribution >= 4 is 22.9 Å². The summed E-state index contributed by atoms with van der Waals surface area (Å²) in [5, 5.41) is 1.17. The van der Waals surface area contributed by atoms with Crippen molar-refractivity contribution in [3.05, 3.63) is 39.6 Å². The molecule has 24 heavy (non-hydrogen) atoms. The van der Waals surface area contributed by atoms with E-state index < -0.39 is 0 Å². The van der Waals surface area contributed by atoms with E-state index in [1.807, 2.05) is 43.1 Å². The van der Waals surface area contributed by atoms with Crippen LogP contribution in [0.25, 0.3) is 0 Å². The van der Waals surface area contributed by atoms with Gasteiger partial charge >= 0.3 is 0 Å². The maximum atomic E-state index is 12.9. The lowest BCUT2D eigenvalue weighted by molar-refractivity contribution is 0.0712. The molecule has 128 valence electrons. The Hall–Kier alpha value is -1.95. The molecule has 0 aromatic carbocycles. The van der Waals surface area contributed by atoms with Crippen molar-refractivity contribution in [3.8, 4) is 0 Å². The first-order valence-electron chi connectivity index (χ1n) is 8.40. The molecule has 6 heteroatoms. The maximum Gasteiger partial charge on any atom is 0.272 e. The van der Waals surface area contributed by atoms with Gasteiger partial charge in [-0.25, -0.2) is 4.98 Å². The van der Waals surface area contributed by atoms with E-state index in [2.05, 4.69) is 11.9 Å². The van der Waals surface area contributed by atoms with Gasteiger partial charge in [0.05, 0.1) is 21.6 Å². The number of anilines is 1. The fourth-order valence-corrected chi connectivity index (χ4v) is 4.34. The number of rotatable bonds is 4. The number of pyridine rings is 1. The first kappa shape index (κ1) is 16.9. The molecule has 2 aromatic rings. The Morgan fingerprint density at radius 3 is 2.88 bits per heavy atom. The molecule has 0 unspecified atom stereocenters. The zero-order valence-corrected chi connectivity index (χ0v) is 15.6. The Labute approximate surface area is 147 Å². The Morgan fingerprint density at radius 2 is 2.17 bits per heavy atom. The molecular weight excluding hydrogens is 320 g/mol. The van der Waals surface area contributed by atoms with Crippen molar-refractivity contribution in [1.29, 1.82) is 0 Å². The van der Waals surface area contributed by atoms with Gasteiger partial charge in [-0.05, 0) is 37.8 Å². The number of carbonyl (C=O) groups is 1. The van der Waals surface area contributed by atoms with Crippen molar-refractivity contribution in [2.45, 2.75) is 38.6 Å². The topological polar surface area (TPSA) is 49.3 Å². The fourth-order valence-electron chi connectivity index (χ4n) is 3.11. The van der Waals surface area contributed by atoms with Crippen molar-refractivity contribution in [2.75, 3.05) is 26.0 Å². The number of hydrogen-bond acceptors (Lipinski definition) is 5. The number of carbonyl (C=O) groups excluding carboxylic acids is 1. The summed E-state index contributed by atoms with van der Waals surface area (Å²) in [7, 11) is 5.81. The van der Waals surface area contributed by atoms with E-state index in [0.29, 0.717) is 5.69 Å². The van der Waals surface area contributed by atoms with Crippen LogP contribution in [0.5, 0.6) is 0 Å². The van der Waals surface area contributed by atoms with Gasteiger partial charge in [0.1, 0.15) is 5.69 Å². The Bertz CT molecular complexity index is 740. The maximum absolute atomic E-state index is 12.9. The average Bonchev–Trinajstić information content (AvgIpc) is 3.03. The summed E-state index contributed by atoms with van der Waals surface area (Å²) in [6.07, 6.45) is 5.75. The molecule has 0 saturated carbocycles. The van der Waals surface area contributed by atoms with Gasteiger partial charge in [0.25, 0.3) is 5.91 Å². The molecule has 0 fully saturated rings. The van der Waals surface area contributed by atoms with Crippen LogP contribution in [0.3, 0.4) is 0 Å². The standard InChI is InChI=1S/C18H24N4OS/c1-5-16-20-13-7-6-8-15(17(13)24-16)22(4)18(23)14-11-12(21(2)3)9-10-19-14/h9-11,15H,5-8H2,1-4H3/t15-/m1/s1. The minimum atomic E-state index is -0.0250. The number of aromatic nitrogens is 2. The summed E-state index contributed by atoms with van der Waals surface area (Å²) >= 11 is 1.76. The Balaban J connectivity index is 1.87. The lowest BCUT2D eigenvalue weighted by Gasteiger charge is -2.30. The first-order valence-corrected chi connectivity index (χ1v) is 9.22. The molecule has 0 bridgehead atoms. The van der Waals surface area contributed by atoms with Crippen LogP contribution < -0.4 is 4.90 Å². The zero-order valence-electron chi connectivity index (χ0n) is 14.7. The number of aryl methyl sites for hydroxylation is 2. The van der Waals surface area contributed by atoms with Crippen molar-refractivity contribution in [3.63, 3.8) is 0 Å². The second-order valence-corrected chi connectivity index (χ2v) is 7.51. The van der Waals surface area contributed by atoms with Gasteiger partial charge in [0.2, 0.25) is 0 Å². The molecular formula is C18H24N4OS. The number of thiazole rings is 1. The van der Waals surface area contributed by atoms with Gasteiger partial charge < -0.3 is 9.80 Å². The van der Waals surface area contributed by atoms with Crippen LogP contribution >= 0.6 is 11.3 Å². The molecule has 5 nitrogen and oxygen atoms in total. The molecule has 1 amide bonds. The summed E-state index contributed by atoms with van der Waals surface area (Å²) in [5.41, 5.74) is 2.66. The molecule has 0 spiro atoms. The van der Waals surface area contributed by atoms with Crippen LogP contribution in [0, 0.1) is 0 Å². The van der Waals surface area contributed by atoms with Crippen LogP contribution in [0.2, 0.25) is 0 Å². The lowest BCUT2D eigenvalue weighted by Crippen LogP contribution is -2.33. The number of amides is 1. The third kappa shape index (κ3) is 3.15. The molecule has 1 aliphatic carbocycles. The molecule has 2 aromatic heterocycles. The van der Waals surface area contributed by atoms with Crippen LogP contribution in [0.4, 0.5) is 5.69 Å². The highest BCUT2D eigenvalue weighted by atomic mass is 32.1. The van der Waals surface area contributed by atoms with Crippen LogP contribution in [0.15, 0.2) is 18.3 Å². The largest absolute Gasteiger partial charge is 0.378 e. The van der Waals surface area contributed by atoms with Crippen LogP contribution in [0.1, 0.15) is 51.9 Å². The molecule has 3 rings (SSSR count). The molecule has 0 saturated heterocycles. The van der Waals surface area contributed by atoms with Gasteiger partial charge in [-0.1, -0.05) is 6.92 Å². The monoisotopic (exact) mass is 344 g/mol. The molecule has 0 aliphatic heterocycles. The SMILES string of the molecule is CCc1nc2c(s1)[C@H](N(C)C(=O)c1cc(N(C)C)ccn1)CCC2. The van der Waals surface area contributed by atoms with Crippen molar-refractivity contribution in [2.24, 2.45) is 0 Å². The second-order valence-electron chi connectivity index (χ2n) is 6.39. The van der Waals surface area contributed by atoms with Crippen LogP contribution in [-0.2, 0) is 12.8 Å². The smallest absolute Gasteiger partial charge is 0.272 e. The predicted octanol–water partition coefficient (Wildman–Crippen LogP) is 3.32. The minimum absolute atomic E-state index is 0.0250. The van der Waals surface area contributed by atoms with E-state index in [1.54, 1.807) is 17.5 Å². The predicted molar refractivity (Wildman–Crippen MR) is 97.8 cm³/mol. The van der Waals surface area contributed by atoms with Gasteiger partial charge in [-0.3, -0.25) is 9.78 Å². The summed E-state index contributed by atoms with van der Waals surface area (Å²) in [4.78, 5) is 27.0. The Kier molecular flexibility index (Phi) is 4.85. The molecule has 1 aliphatic rings. The number of hydrogen-bond donors (Lipinski definition) is 0. The van der Waals surface area contributed by atoms with Gasteiger partial charge in [0.15, 0.2) is 0 Å². The van der Waals surface area contributed by atoms with E-state index in [4.69, 9.17) is 4.98 Å². The summed E-state index contributed by atoms with van der Waals surface area (Å²) in [5.74, 6) is -0.0250. The summed E-state index contributed by atoms with van der Waals surface area (Å²) in [6.45, 7) is 2.13. The van der Waals surface area contributed by atoms with Gasteiger partial charge in [0, 0.05) is 33.0 Å². The third-order valence-electron chi connectivity index (χ3n) is 4.53. The summed E-state index contributed by atoms with van der Waals surface area (Å²) in [6, 6.07) is 3.88. The summed E-state index contributed by atoms with van der Waals surface area (Å²) < 4.78 is 0. The number of fused-ring (bicyclic) bond motifs is 1. The molecule has 0 N–H and O–H groups in total. The average molecular weight is 344 g/mol. The number of nitrogens with zero attached hydrogens (tertiary/aromatic N) is 4. The highest BCUT2D eigenvalue weighted by molar-refractivity contribution is 7.11. The quantitative estimate of drug-likeness (QED) is 0.854. The minimum Gasteiger partial charge on any atom is -0.378 e.